The van der Waals surface area contributed by atoms with E-state index in [0.29, 0.717) is 11.4 Å². The minimum Gasteiger partial charge on any atom is -0.399 e. The van der Waals surface area contributed by atoms with E-state index in [9.17, 15) is 0 Å². The molecule has 8 atom stereocenters. The minimum absolute atomic E-state index is 0.134. The molecule has 2 aromatic carbocycles. The predicted octanol–water partition coefficient (Wildman–Crippen LogP) is 2.55. The van der Waals surface area contributed by atoms with Crippen LogP contribution in [0.5, 0.6) is 0 Å². The number of anilines is 4. The summed E-state index contributed by atoms with van der Waals surface area (Å²) in [5.74, 6) is 4.41. The number of fused-ring (bicyclic) bond motifs is 18. The van der Waals surface area contributed by atoms with Crippen LogP contribution in [-0.4, -0.2) is 46.1 Å². The van der Waals surface area contributed by atoms with Gasteiger partial charge in [-0.05, 0) is 74.9 Å². The van der Waals surface area contributed by atoms with Crippen LogP contribution in [0.15, 0.2) is 56.4 Å². The van der Waals surface area contributed by atoms with Gasteiger partial charge in [-0.1, -0.05) is 0 Å². The van der Waals surface area contributed by atoms with Crippen molar-refractivity contribution in [3.63, 3.8) is 0 Å². The van der Waals surface area contributed by atoms with Crippen LogP contribution in [0, 0.1) is 23.7 Å². The van der Waals surface area contributed by atoms with E-state index in [4.69, 9.17) is 42.9 Å². The first-order valence-corrected chi connectivity index (χ1v) is 15.8. The van der Waals surface area contributed by atoms with Gasteiger partial charge in [0.15, 0.2) is 0 Å². The summed E-state index contributed by atoms with van der Waals surface area (Å²) in [7, 11) is 0. The molecule has 8 bridgehead atoms. The number of hydrogen-bond donors (Lipinski definition) is 8. The first-order valence-electron chi connectivity index (χ1n) is 15.8. The quantitative estimate of drug-likeness (QED) is 0.144. The zero-order valence-electron chi connectivity index (χ0n) is 24.4. The summed E-state index contributed by atoms with van der Waals surface area (Å²) in [4.78, 5) is 28.2. The molecular weight excluding hydrogens is 552 g/mol. The number of hydrogen-bond acceptors (Lipinski definition) is 10. The molecule has 226 valence electrons. The summed E-state index contributed by atoms with van der Waals surface area (Å²) in [5.41, 5.74) is 28.5. The van der Waals surface area contributed by atoms with Crippen molar-refractivity contribution in [1.82, 2.24) is 9.97 Å². The van der Waals surface area contributed by atoms with Gasteiger partial charge in [0.1, 0.15) is 46.6 Å². The SMILES string of the molecule is Nc1ccc2c3[nH]c(c2c1)NC1=NC(/N=c2\[nH]/c(c4cc(N)ccc24)=N\C2N=C(N3)C3CC(N)CCC23)C2CC(N)CCC12. The standard InChI is InChI=1S/C32H38N12/c33-13-1-5-17-21(9-13)29-37-25(17)41-30-22-10-14(34)2-6-18(22)27(38-30)43-32-24-12-16(36)4-8-20(24)28(40-32)44-31-23-11-15(35)3-7-19(23)26(39-31)42-29/h1,4-5,8-9,12,14-15,18-19,22-23,26,30,40H,2-3,6-7,10-11,33-36H2,(H,38,43)(H,39,44)(H,37,41,42). The number of rotatable bonds is 0. The Balaban J connectivity index is 1.29. The van der Waals surface area contributed by atoms with Crippen LogP contribution < -0.4 is 44.5 Å². The lowest BCUT2D eigenvalue weighted by Gasteiger charge is -2.31. The van der Waals surface area contributed by atoms with Crippen LogP contribution in [0.3, 0.4) is 0 Å². The predicted molar refractivity (Wildman–Crippen MR) is 175 cm³/mol. The average Bonchev–Trinajstić information content (AvgIpc) is 3.71. The van der Waals surface area contributed by atoms with Crippen molar-refractivity contribution < 1.29 is 0 Å². The van der Waals surface area contributed by atoms with Crippen molar-refractivity contribution >= 4 is 56.2 Å². The van der Waals surface area contributed by atoms with Gasteiger partial charge in [0.2, 0.25) is 0 Å². The van der Waals surface area contributed by atoms with E-state index in [-0.39, 0.29) is 48.1 Å². The maximum atomic E-state index is 6.51. The fourth-order valence-electron chi connectivity index (χ4n) is 8.35. The van der Waals surface area contributed by atoms with E-state index in [1.54, 1.807) is 0 Å². The number of H-pyrrole nitrogens is 2. The molecule has 44 heavy (non-hydrogen) atoms. The highest BCUT2D eigenvalue weighted by molar-refractivity contribution is 6.12. The van der Waals surface area contributed by atoms with Crippen molar-refractivity contribution in [1.29, 1.82) is 0 Å². The molecule has 12 heteroatoms. The van der Waals surface area contributed by atoms with Crippen molar-refractivity contribution in [3.8, 4) is 0 Å². The van der Waals surface area contributed by atoms with E-state index in [2.05, 4.69) is 26.7 Å². The lowest BCUT2D eigenvalue weighted by Crippen LogP contribution is -2.39. The van der Waals surface area contributed by atoms with E-state index >= 15 is 0 Å². The normalized spacial score (nSPS) is 34.0. The van der Waals surface area contributed by atoms with Crippen molar-refractivity contribution in [2.45, 2.75) is 62.9 Å². The molecule has 5 heterocycles. The first kappa shape index (κ1) is 26.0. The molecule has 0 saturated heterocycles. The zero-order valence-corrected chi connectivity index (χ0v) is 24.4. The largest absolute Gasteiger partial charge is 0.399 e. The summed E-state index contributed by atoms with van der Waals surface area (Å²) in [6.07, 6.45) is 5.03. The highest BCUT2D eigenvalue weighted by atomic mass is 15.2. The number of nitrogen functional groups attached to an aromatic ring is 2. The second-order valence-electron chi connectivity index (χ2n) is 13.4. The van der Waals surface area contributed by atoms with Crippen molar-refractivity contribution in [2.24, 2.45) is 55.1 Å². The van der Waals surface area contributed by atoms with Crippen LogP contribution in [0.4, 0.5) is 23.0 Å². The van der Waals surface area contributed by atoms with Crippen LogP contribution >= 0.6 is 0 Å². The van der Waals surface area contributed by atoms with Crippen LogP contribution in [0.1, 0.15) is 38.5 Å². The maximum Gasteiger partial charge on any atom is 0.147 e. The van der Waals surface area contributed by atoms with E-state index in [1.165, 1.54) is 0 Å². The molecule has 9 rings (SSSR count). The smallest absolute Gasteiger partial charge is 0.147 e. The lowest BCUT2D eigenvalue weighted by atomic mass is 9.77. The maximum absolute atomic E-state index is 6.51. The molecule has 0 radical (unpaired) electrons. The van der Waals surface area contributed by atoms with Crippen LogP contribution in [0.2, 0.25) is 0 Å². The Labute approximate surface area is 253 Å². The van der Waals surface area contributed by atoms with E-state index < -0.39 is 0 Å². The Kier molecular flexibility index (Phi) is 5.64. The monoisotopic (exact) mass is 590 g/mol. The molecule has 0 spiro atoms. The molecule has 12 N–H and O–H groups in total. The number of amidine groups is 2. The fourth-order valence-corrected chi connectivity index (χ4v) is 8.35. The number of aromatic amines is 2. The highest BCUT2D eigenvalue weighted by Gasteiger charge is 2.44. The van der Waals surface area contributed by atoms with Gasteiger partial charge in [0.05, 0.1) is 0 Å². The van der Waals surface area contributed by atoms with Gasteiger partial charge in [-0.25, -0.2) is 20.0 Å². The number of nitrogens with zero attached hydrogens (tertiary/aromatic N) is 4. The number of nitrogens with one attached hydrogen (secondary N) is 4. The molecule has 3 aliphatic heterocycles. The topological polar surface area (TPSA) is 209 Å². The summed E-state index contributed by atoms with van der Waals surface area (Å²) in [6, 6.07) is 12.2. The van der Waals surface area contributed by atoms with E-state index in [1.807, 2.05) is 30.3 Å². The van der Waals surface area contributed by atoms with E-state index in [0.717, 1.165) is 94.4 Å². The summed E-state index contributed by atoms with van der Waals surface area (Å²) in [6.45, 7) is 0. The average molecular weight is 591 g/mol. The molecule has 2 saturated carbocycles. The Hall–Kier alpha value is -4.42. The summed E-state index contributed by atoms with van der Waals surface area (Å²) >= 11 is 0. The second-order valence-corrected chi connectivity index (χ2v) is 13.4. The molecule has 2 aromatic heterocycles. The molecule has 2 aliphatic carbocycles. The van der Waals surface area contributed by atoms with Crippen LogP contribution in [-0.2, 0) is 0 Å². The molecule has 4 aromatic rings. The molecule has 0 amide bonds. The van der Waals surface area contributed by atoms with Gasteiger partial charge in [-0.3, -0.25) is 0 Å². The Morgan fingerprint density at radius 3 is 1.98 bits per heavy atom. The van der Waals surface area contributed by atoms with Gasteiger partial charge in [-0.15, -0.1) is 0 Å². The number of nitrogens with two attached hydrogens (primary N) is 4. The van der Waals surface area contributed by atoms with Gasteiger partial charge in [-0.2, -0.15) is 0 Å². The number of aromatic nitrogens is 2. The fraction of sp³-hybridized carbons (Fsp3) is 0.438. The third kappa shape index (κ3) is 4.04. The Morgan fingerprint density at radius 2 is 1.18 bits per heavy atom. The Bertz CT molecular complexity index is 2000. The second kappa shape index (κ2) is 9.54. The minimum atomic E-state index is -0.279. The zero-order chi connectivity index (χ0) is 29.7. The Morgan fingerprint density at radius 1 is 0.568 bits per heavy atom. The number of benzene rings is 2. The molecular formula is C32H38N12. The van der Waals surface area contributed by atoms with Crippen molar-refractivity contribution in [2.75, 3.05) is 22.1 Å². The van der Waals surface area contributed by atoms with Gasteiger partial charge >= 0.3 is 0 Å². The highest BCUT2D eigenvalue weighted by Crippen LogP contribution is 2.43. The third-order valence-electron chi connectivity index (χ3n) is 10.5. The molecule has 12 nitrogen and oxygen atoms in total. The molecule has 5 aliphatic rings. The van der Waals surface area contributed by atoms with Crippen molar-refractivity contribution in [3.05, 3.63) is 47.4 Å². The van der Waals surface area contributed by atoms with Gasteiger partial charge < -0.3 is 43.5 Å². The molecule has 8 unspecified atom stereocenters. The summed E-state index contributed by atoms with van der Waals surface area (Å²) in [5, 5.41) is 11.4. The summed E-state index contributed by atoms with van der Waals surface area (Å²) < 4.78 is 0. The van der Waals surface area contributed by atoms with Gasteiger partial charge in [0, 0.05) is 68.7 Å². The first-order chi connectivity index (χ1) is 21.4. The lowest BCUT2D eigenvalue weighted by molar-refractivity contribution is 0.256. The molecule has 2 fully saturated rings. The number of aliphatic imine (C=N–C) groups is 2. The van der Waals surface area contributed by atoms with Gasteiger partial charge in [0.25, 0.3) is 0 Å². The van der Waals surface area contributed by atoms with Crippen LogP contribution in [0.25, 0.3) is 21.5 Å². The third-order valence-corrected chi connectivity index (χ3v) is 10.5.